The van der Waals surface area contributed by atoms with Crippen molar-refractivity contribution < 1.29 is 23.7 Å². The topological polar surface area (TPSA) is 88.4 Å². The van der Waals surface area contributed by atoms with Gasteiger partial charge in [0.05, 0.1) is 58.7 Å². The fraction of sp³-hybridized carbons (Fsp3) is 0.321. The summed E-state index contributed by atoms with van der Waals surface area (Å²) in [5, 5.41) is 0. The first-order valence-electron chi connectivity index (χ1n) is 12.2. The van der Waals surface area contributed by atoms with E-state index in [0.29, 0.717) is 54.3 Å². The fourth-order valence-corrected chi connectivity index (χ4v) is 6.52. The number of hydrogen-bond acceptors (Lipinski definition) is 8. The van der Waals surface area contributed by atoms with Crippen molar-refractivity contribution in [2.24, 2.45) is 4.99 Å². The van der Waals surface area contributed by atoms with Crippen LogP contribution in [0.4, 0.5) is 0 Å². The number of esters is 1. The van der Waals surface area contributed by atoms with Crippen LogP contribution in [-0.2, 0) is 9.53 Å². The predicted molar refractivity (Wildman–Crippen MR) is 158 cm³/mol. The standard InChI is InChI=1S/C28H28Br2N2O6S/c1-6-8-19-24(27(34)38-7-2)25(15-9-10-20(35-3)17(29)11-15)32-26(33)23(39-28(32)31-19)13-16-12-18(30)22(37-5)14-21(16)36-4/h9-14,25H,6-8H2,1-5H3/b23-13-. The normalized spacial score (nSPS) is 15.1. The molecule has 2 heterocycles. The van der Waals surface area contributed by atoms with Crippen molar-refractivity contribution in [3.63, 3.8) is 0 Å². The van der Waals surface area contributed by atoms with Crippen molar-refractivity contribution in [2.45, 2.75) is 32.7 Å². The molecule has 11 heteroatoms. The van der Waals surface area contributed by atoms with Gasteiger partial charge < -0.3 is 18.9 Å². The Hall–Kier alpha value is -2.89. The van der Waals surface area contributed by atoms with Crippen molar-refractivity contribution in [1.29, 1.82) is 0 Å². The average molecular weight is 680 g/mol. The van der Waals surface area contributed by atoms with Gasteiger partial charge in [0, 0.05) is 11.6 Å². The second-order valence-corrected chi connectivity index (χ2v) is 11.3. The van der Waals surface area contributed by atoms with Crippen molar-refractivity contribution >= 4 is 55.2 Å². The number of rotatable bonds is 9. The molecule has 1 atom stereocenters. The van der Waals surface area contributed by atoms with E-state index in [1.165, 1.54) is 11.3 Å². The number of benzene rings is 2. The molecule has 0 aliphatic carbocycles. The summed E-state index contributed by atoms with van der Waals surface area (Å²) in [6, 6.07) is 8.37. The first-order valence-corrected chi connectivity index (χ1v) is 14.6. The van der Waals surface area contributed by atoms with Gasteiger partial charge in [0.15, 0.2) is 4.80 Å². The lowest BCUT2D eigenvalue weighted by molar-refractivity contribution is -0.139. The molecule has 0 amide bonds. The van der Waals surface area contributed by atoms with Crippen LogP contribution in [-0.4, -0.2) is 38.5 Å². The van der Waals surface area contributed by atoms with Gasteiger partial charge in [-0.25, -0.2) is 9.79 Å². The number of aromatic nitrogens is 1. The Morgan fingerprint density at radius 3 is 2.33 bits per heavy atom. The second kappa shape index (κ2) is 12.5. The summed E-state index contributed by atoms with van der Waals surface area (Å²) in [6.45, 7) is 3.98. The predicted octanol–water partition coefficient (Wildman–Crippen LogP) is 5.13. The first kappa shape index (κ1) is 29.1. The van der Waals surface area contributed by atoms with E-state index >= 15 is 0 Å². The number of methoxy groups -OCH3 is 3. The van der Waals surface area contributed by atoms with Crippen LogP contribution in [0.5, 0.6) is 17.2 Å². The minimum absolute atomic E-state index is 0.206. The first-order chi connectivity index (χ1) is 18.8. The van der Waals surface area contributed by atoms with E-state index in [2.05, 4.69) is 31.9 Å². The molecule has 1 aromatic heterocycles. The maximum absolute atomic E-state index is 14.0. The monoisotopic (exact) mass is 678 g/mol. The molecule has 1 unspecified atom stereocenters. The van der Waals surface area contributed by atoms with Gasteiger partial charge in [-0.1, -0.05) is 30.7 Å². The quantitative estimate of drug-likeness (QED) is 0.292. The Bertz CT molecular complexity index is 1630. The van der Waals surface area contributed by atoms with Gasteiger partial charge in [-0.3, -0.25) is 9.36 Å². The SMILES string of the molecule is CCCC1=C(C(=O)OCC)C(c2ccc(OC)c(Br)c2)n2c(s/c(=C\c3cc(Br)c(OC)cc3OC)c2=O)=N1. The number of thiazole rings is 1. The van der Waals surface area contributed by atoms with E-state index < -0.39 is 12.0 Å². The Labute approximate surface area is 246 Å². The lowest BCUT2D eigenvalue weighted by Gasteiger charge is -2.26. The Morgan fingerprint density at radius 2 is 1.72 bits per heavy atom. The zero-order valence-electron chi connectivity index (χ0n) is 22.2. The van der Waals surface area contributed by atoms with E-state index in [0.717, 1.165) is 16.5 Å². The van der Waals surface area contributed by atoms with E-state index in [1.807, 2.05) is 25.1 Å². The molecule has 206 valence electrons. The summed E-state index contributed by atoms with van der Waals surface area (Å²) >= 11 is 8.32. The highest BCUT2D eigenvalue weighted by Crippen LogP contribution is 2.36. The summed E-state index contributed by atoms with van der Waals surface area (Å²) in [5.41, 5.74) is 2.12. The number of ether oxygens (including phenoxy) is 4. The maximum atomic E-state index is 14.0. The molecule has 0 N–H and O–H groups in total. The molecule has 1 aliphatic heterocycles. The van der Waals surface area contributed by atoms with Crippen molar-refractivity contribution in [3.8, 4) is 17.2 Å². The average Bonchev–Trinajstić information content (AvgIpc) is 3.22. The Balaban J connectivity index is 2.02. The van der Waals surface area contributed by atoms with Crippen molar-refractivity contribution in [1.82, 2.24) is 4.57 Å². The number of halogens is 2. The van der Waals surface area contributed by atoms with E-state index in [-0.39, 0.29) is 12.2 Å². The van der Waals surface area contributed by atoms with E-state index in [4.69, 9.17) is 23.9 Å². The molecular formula is C28H28Br2N2O6S. The summed E-state index contributed by atoms with van der Waals surface area (Å²) in [6.07, 6.45) is 3.10. The Kier molecular flexibility index (Phi) is 9.35. The fourth-order valence-electron chi connectivity index (χ4n) is 4.43. The highest BCUT2D eigenvalue weighted by molar-refractivity contribution is 9.10. The molecule has 4 rings (SSSR count). The van der Waals surface area contributed by atoms with Gasteiger partial charge in [0.2, 0.25) is 0 Å². The number of fused-ring (bicyclic) bond motifs is 1. The molecular weight excluding hydrogens is 652 g/mol. The minimum atomic E-state index is -0.726. The molecule has 8 nitrogen and oxygen atoms in total. The zero-order valence-corrected chi connectivity index (χ0v) is 26.2. The van der Waals surface area contributed by atoms with Gasteiger partial charge in [0.1, 0.15) is 17.2 Å². The van der Waals surface area contributed by atoms with Crippen LogP contribution < -0.4 is 29.1 Å². The molecule has 1 aliphatic rings. The van der Waals surface area contributed by atoms with E-state index in [1.54, 1.807) is 51.0 Å². The number of nitrogens with zero attached hydrogens (tertiary/aromatic N) is 2. The summed E-state index contributed by atoms with van der Waals surface area (Å²) < 4.78 is 25.3. The zero-order chi connectivity index (χ0) is 28.3. The third-order valence-electron chi connectivity index (χ3n) is 6.17. The van der Waals surface area contributed by atoms with Gasteiger partial charge in [-0.15, -0.1) is 0 Å². The number of carbonyl (C=O) groups is 1. The van der Waals surface area contributed by atoms with Crippen LogP contribution in [0.25, 0.3) is 6.08 Å². The summed E-state index contributed by atoms with van der Waals surface area (Å²) in [7, 11) is 4.72. The van der Waals surface area contributed by atoms with Crippen LogP contribution in [0.2, 0.25) is 0 Å². The third-order valence-corrected chi connectivity index (χ3v) is 8.40. The van der Waals surface area contributed by atoms with Crippen molar-refractivity contribution in [2.75, 3.05) is 27.9 Å². The summed E-state index contributed by atoms with van der Waals surface area (Å²) in [5.74, 6) is 1.31. The smallest absolute Gasteiger partial charge is 0.338 e. The van der Waals surface area contributed by atoms with Gasteiger partial charge in [-0.05, 0) is 75.0 Å². The van der Waals surface area contributed by atoms with Crippen LogP contribution >= 0.6 is 43.2 Å². The molecule has 0 spiro atoms. The maximum Gasteiger partial charge on any atom is 0.338 e. The van der Waals surface area contributed by atoms with E-state index in [9.17, 15) is 9.59 Å². The van der Waals surface area contributed by atoms with Gasteiger partial charge >= 0.3 is 5.97 Å². The molecule has 39 heavy (non-hydrogen) atoms. The molecule has 0 saturated carbocycles. The molecule has 3 aromatic rings. The molecule has 2 aromatic carbocycles. The van der Waals surface area contributed by atoms with Crippen LogP contribution in [0.1, 0.15) is 43.9 Å². The number of carbonyl (C=O) groups excluding carboxylic acids is 1. The lowest BCUT2D eigenvalue weighted by atomic mass is 9.94. The molecule has 0 bridgehead atoms. The summed E-state index contributed by atoms with van der Waals surface area (Å²) in [4.78, 5) is 32.7. The lowest BCUT2D eigenvalue weighted by Crippen LogP contribution is -2.40. The van der Waals surface area contributed by atoms with Crippen LogP contribution in [0.3, 0.4) is 0 Å². The largest absolute Gasteiger partial charge is 0.496 e. The highest BCUT2D eigenvalue weighted by atomic mass is 79.9. The van der Waals surface area contributed by atoms with Gasteiger partial charge in [-0.2, -0.15) is 0 Å². The van der Waals surface area contributed by atoms with Gasteiger partial charge in [0.25, 0.3) is 5.56 Å². The second-order valence-electron chi connectivity index (χ2n) is 8.54. The molecule has 0 radical (unpaired) electrons. The Morgan fingerprint density at radius 1 is 1.03 bits per heavy atom. The minimum Gasteiger partial charge on any atom is -0.496 e. The molecule has 0 saturated heterocycles. The van der Waals surface area contributed by atoms with Crippen LogP contribution in [0.15, 0.2) is 60.3 Å². The number of hydrogen-bond donors (Lipinski definition) is 0. The van der Waals surface area contributed by atoms with Crippen molar-refractivity contribution in [3.05, 3.63) is 81.4 Å². The molecule has 0 fully saturated rings. The highest BCUT2D eigenvalue weighted by Gasteiger charge is 2.34. The van der Waals surface area contributed by atoms with Crippen LogP contribution in [0, 0.1) is 0 Å². The third kappa shape index (κ3) is 5.71. The number of allylic oxidation sites excluding steroid dienone is 1.